The molecular formula is C31H30N2O4S. The maximum Gasteiger partial charge on any atom is 0.301 e. The van der Waals surface area contributed by atoms with Crippen LogP contribution in [0.2, 0.25) is 0 Å². The third kappa shape index (κ3) is 4.47. The van der Waals surface area contributed by atoms with E-state index in [2.05, 4.69) is 13.8 Å². The Morgan fingerprint density at radius 2 is 1.74 bits per heavy atom. The monoisotopic (exact) mass is 526 g/mol. The van der Waals surface area contributed by atoms with Gasteiger partial charge < -0.3 is 9.84 Å². The molecule has 2 heterocycles. The molecule has 6 nitrogen and oxygen atoms in total. The highest BCUT2D eigenvalue weighted by Crippen LogP contribution is 2.45. The highest BCUT2D eigenvalue weighted by Gasteiger charge is 2.48. The fourth-order valence-corrected chi connectivity index (χ4v) is 6.07. The van der Waals surface area contributed by atoms with E-state index in [1.807, 2.05) is 57.2 Å². The van der Waals surface area contributed by atoms with Gasteiger partial charge in [0.05, 0.1) is 28.4 Å². The van der Waals surface area contributed by atoms with E-state index in [0.717, 1.165) is 32.5 Å². The highest BCUT2D eigenvalue weighted by atomic mass is 32.1. The summed E-state index contributed by atoms with van der Waals surface area (Å²) in [4.78, 5) is 33.3. The van der Waals surface area contributed by atoms with Crippen molar-refractivity contribution >= 4 is 44.1 Å². The van der Waals surface area contributed by atoms with Gasteiger partial charge in [-0.2, -0.15) is 0 Å². The maximum absolute atomic E-state index is 13.6. The smallest absolute Gasteiger partial charge is 0.301 e. The third-order valence-corrected chi connectivity index (χ3v) is 7.83. The number of carbonyl (C=O) groups is 2. The van der Waals surface area contributed by atoms with Crippen LogP contribution in [0.15, 0.2) is 66.2 Å². The quantitative estimate of drug-likeness (QED) is 0.165. The molecule has 0 saturated carbocycles. The summed E-state index contributed by atoms with van der Waals surface area (Å²) in [5.74, 6) is -0.675. The van der Waals surface area contributed by atoms with Crippen LogP contribution in [0.3, 0.4) is 0 Å². The second-order valence-corrected chi connectivity index (χ2v) is 10.9. The summed E-state index contributed by atoms with van der Waals surface area (Å²) in [7, 11) is 0. The molecule has 0 aliphatic carbocycles. The van der Waals surface area contributed by atoms with Crippen molar-refractivity contribution in [2.24, 2.45) is 0 Å². The molecule has 1 N–H and O–H groups in total. The number of carbonyl (C=O) groups excluding carboxylic acids is 2. The molecule has 38 heavy (non-hydrogen) atoms. The van der Waals surface area contributed by atoms with Gasteiger partial charge in [0.15, 0.2) is 5.13 Å². The molecule has 1 atom stereocenters. The molecule has 1 amide bonds. The number of aliphatic hydroxyl groups is 1. The van der Waals surface area contributed by atoms with E-state index in [4.69, 9.17) is 9.72 Å². The average Bonchev–Trinajstić information content (AvgIpc) is 3.43. The highest BCUT2D eigenvalue weighted by molar-refractivity contribution is 7.22. The number of hydrogen-bond donors (Lipinski definition) is 1. The number of Topliss-reactive ketones (excluding diaryl/α,β-unsaturated/α-hetero) is 1. The number of rotatable bonds is 6. The van der Waals surface area contributed by atoms with Crippen LogP contribution in [0.25, 0.3) is 16.0 Å². The number of thiazole rings is 1. The minimum absolute atomic E-state index is 0.0450. The first-order valence-corrected chi connectivity index (χ1v) is 13.5. The number of ether oxygens (including phenoxy) is 1. The molecule has 1 saturated heterocycles. The number of aryl methyl sites for hydroxylation is 2. The molecule has 0 radical (unpaired) electrons. The number of benzene rings is 3. The SMILES string of the molecule is CCOc1ccc(/C(O)=C2\C(=O)C(=O)N(c3nc4c(C)cc(C)cc4s3)[C@@H]2c2ccc(C(C)C)cc2)cc1. The topological polar surface area (TPSA) is 79.7 Å². The Kier molecular flexibility index (Phi) is 6.80. The molecule has 1 aliphatic rings. The first-order valence-electron chi connectivity index (χ1n) is 12.7. The van der Waals surface area contributed by atoms with Crippen molar-refractivity contribution in [1.82, 2.24) is 4.98 Å². The summed E-state index contributed by atoms with van der Waals surface area (Å²) >= 11 is 1.37. The van der Waals surface area contributed by atoms with Crippen molar-refractivity contribution in [3.8, 4) is 5.75 Å². The number of nitrogens with zero attached hydrogens (tertiary/aromatic N) is 2. The number of ketones is 1. The predicted molar refractivity (Wildman–Crippen MR) is 152 cm³/mol. The van der Waals surface area contributed by atoms with Crippen LogP contribution < -0.4 is 9.64 Å². The van der Waals surface area contributed by atoms with Crippen molar-refractivity contribution in [2.45, 2.75) is 46.6 Å². The molecule has 3 aromatic carbocycles. The van der Waals surface area contributed by atoms with Gasteiger partial charge in [-0.15, -0.1) is 0 Å². The summed E-state index contributed by atoms with van der Waals surface area (Å²) < 4.78 is 6.46. The lowest BCUT2D eigenvalue weighted by molar-refractivity contribution is -0.132. The van der Waals surface area contributed by atoms with Gasteiger partial charge in [0.2, 0.25) is 0 Å². The van der Waals surface area contributed by atoms with Crippen LogP contribution in [-0.4, -0.2) is 28.4 Å². The number of hydrogen-bond acceptors (Lipinski definition) is 6. The molecule has 1 fully saturated rings. The van der Waals surface area contributed by atoms with Gasteiger partial charge in [0.25, 0.3) is 5.78 Å². The number of aromatic nitrogens is 1. The van der Waals surface area contributed by atoms with Gasteiger partial charge in [-0.3, -0.25) is 14.5 Å². The molecule has 0 spiro atoms. The summed E-state index contributed by atoms with van der Waals surface area (Å²) in [5, 5.41) is 11.8. The van der Waals surface area contributed by atoms with Gasteiger partial charge in [-0.05, 0) is 79.3 Å². The number of aliphatic hydroxyl groups excluding tert-OH is 1. The Hall–Kier alpha value is -3.97. The number of fused-ring (bicyclic) bond motifs is 1. The lowest BCUT2D eigenvalue weighted by Crippen LogP contribution is -2.29. The molecule has 4 aromatic rings. The molecule has 0 bridgehead atoms. The average molecular weight is 527 g/mol. The molecule has 5 rings (SSSR count). The van der Waals surface area contributed by atoms with Crippen LogP contribution in [0.5, 0.6) is 5.75 Å². The standard InChI is InChI=1S/C31H30N2O4S/c1-6-37-23-13-11-22(12-14-23)28(34)25-27(21-9-7-20(8-10-21)17(2)3)33(30(36)29(25)35)31-32-26-19(5)15-18(4)16-24(26)38-31/h7-17,27,34H,6H2,1-5H3/b28-25+/t27-/m1/s1. The second-order valence-electron chi connectivity index (χ2n) is 9.87. The largest absolute Gasteiger partial charge is 0.507 e. The van der Waals surface area contributed by atoms with E-state index < -0.39 is 17.7 Å². The van der Waals surface area contributed by atoms with E-state index in [9.17, 15) is 14.7 Å². The minimum Gasteiger partial charge on any atom is -0.507 e. The third-order valence-electron chi connectivity index (χ3n) is 6.83. The van der Waals surface area contributed by atoms with E-state index in [1.54, 1.807) is 24.3 Å². The van der Waals surface area contributed by atoms with Crippen molar-refractivity contribution in [1.29, 1.82) is 0 Å². The maximum atomic E-state index is 13.6. The van der Waals surface area contributed by atoms with Gasteiger partial charge in [-0.1, -0.05) is 55.5 Å². The molecule has 1 aliphatic heterocycles. The molecule has 7 heteroatoms. The minimum atomic E-state index is -0.815. The van der Waals surface area contributed by atoms with Crippen LogP contribution >= 0.6 is 11.3 Å². The summed E-state index contributed by atoms with van der Waals surface area (Å²) in [6, 6.07) is 18.0. The zero-order valence-corrected chi connectivity index (χ0v) is 22.9. The van der Waals surface area contributed by atoms with Crippen molar-refractivity contribution in [2.75, 3.05) is 11.5 Å². The van der Waals surface area contributed by atoms with Gasteiger partial charge >= 0.3 is 5.91 Å². The van der Waals surface area contributed by atoms with E-state index in [0.29, 0.717) is 29.0 Å². The van der Waals surface area contributed by atoms with E-state index in [1.165, 1.54) is 16.2 Å². The first kappa shape index (κ1) is 25.7. The van der Waals surface area contributed by atoms with Crippen LogP contribution in [0.4, 0.5) is 5.13 Å². The fourth-order valence-electron chi connectivity index (χ4n) is 4.90. The Bertz CT molecular complexity index is 1570. The lowest BCUT2D eigenvalue weighted by Gasteiger charge is -2.23. The second kappa shape index (κ2) is 10.1. The zero-order valence-electron chi connectivity index (χ0n) is 22.1. The van der Waals surface area contributed by atoms with E-state index >= 15 is 0 Å². The molecule has 1 aromatic heterocycles. The summed E-state index contributed by atoms with van der Waals surface area (Å²) in [6.07, 6.45) is 0. The van der Waals surface area contributed by atoms with Gasteiger partial charge in [-0.25, -0.2) is 4.98 Å². The fraction of sp³-hybridized carbons (Fsp3) is 0.258. The van der Waals surface area contributed by atoms with Crippen molar-refractivity contribution in [3.63, 3.8) is 0 Å². The lowest BCUT2D eigenvalue weighted by atomic mass is 9.93. The summed E-state index contributed by atoms with van der Waals surface area (Å²) in [5.41, 5.74) is 5.26. The number of anilines is 1. The predicted octanol–water partition coefficient (Wildman–Crippen LogP) is 7.06. The van der Waals surface area contributed by atoms with Crippen molar-refractivity contribution in [3.05, 3.63) is 94.1 Å². The molecule has 194 valence electrons. The normalized spacial score (nSPS) is 17.1. The Morgan fingerprint density at radius 1 is 1.05 bits per heavy atom. The Balaban J connectivity index is 1.69. The van der Waals surface area contributed by atoms with Crippen LogP contribution in [-0.2, 0) is 9.59 Å². The Labute approximate surface area is 226 Å². The zero-order chi connectivity index (χ0) is 27.1. The summed E-state index contributed by atoms with van der Waals surface area (Å²) in [6.45, 7) is 10.6. The molecule has 0 unspecified atom stereocenters. The van der Waals surface area contributed by atoms with Crippen molar-refractivity contribution < 1.29 is 19.4 Å². The van der Waals surface area contributed by atoms with Crippen LogP contribution in [0.1, 0.15) is 60.5 Å². The molecular weight excluding hydrogens is 496 g/mol. The Morgan fingerprint density at radius 3 is 2.37 bits per heavy atom. The van der Waals surface area contributed by atoms with Gasteiger partial charge in [0, 0.05) is 5.56 Å². The van der Waals surface area contributed by atoms with Crippen LogP contribution in [0, 0.1) is 13.8 Å². The first-order chi connectivity index (χ1) is 18.2. The number of amides is 1. The van der Waals surface area contributed by atoms with E-state index in [-0.39, 0.29) is 11.3 Å². The van der Waals surface area contributed by atoms with Gasteiger partial charge in [0.1, 0.15) is 11.5 Å².